The number of amides is 1. The van der Waals surface area contributed by atoms with Gasteiger partial charge < -0.3 is 14.3 Å². The van der Waals surface area contributed by atoms with E-state index in [4.69, 9.17) is 20.8 Å². The van der Waals surface area contributed by atoms with E-state index in [1.807, 2.05) is 13.8 Å². The van der Waals surface area contributed by atoms with E-state index in [9.17, 15) is 19.1 Å². The number of ketones is 1. The Morgan fingerprint density at radius 3 is 2.64 bits per heavy atom. The smallest absolute Gasteiger partial charge is 0.300 e. The van der Waals surface area contributed by atoms with Crippen LogP contribution in [-0.2, 0) is 9.59 Å². The van der Waals surface area contributed by atoms with Gasteiger partial charge in [0.15, 0.2) is 0 Å². The molecule has 33 heavy (non-hydrogen) atoms. The summed E-state index contributed by atoms with van der Waals surface area (Å²) in [5, 5.41) is 10.9. The zero-order chi connectivity index (χ0) is 23.7. The molecule has 2 heterocycles. The van der Waals surface area contributed by atoms with E-state index < -0.39 is 23.5 Å². The number of furan rings is 1. The Balaban J connectivity index is 1.85. The molecule has 170 valence electrons. The van der Waals surface area contributed by atoms with Crippen LogP contribution in [0.2, 0.25) is 5.02 Å². The van der Waals surface area contributed by atoms with Gasteiger partial charge in [-0.15, -0.1) is 0 Å². The normalized spacial score (nSPS) is 17.6. The predicted molar refractivity (Wildman–Crippen MR) is 122 cm³/mol. The summed E-state index contributed by atoms with van der Waals surface area (Å²) in [5.74, 6) is -1.87. The van der Waals surface area contributed by atoms with Gasteiger partial charge >= 0.3 is 0 Å². The fourth-order valence-electron chi connectivity index (χ4n) is 3.78. The summed E-state index contributed by atoms with van der Waals surface area (Å²) in [6, 6.07) is 10.8. The van der Waals surface area contributed by atoms with E-state index in [0.717, 1.165) is 23.0 Å². The third-order valence-electron chi connectivity index (χ3n) is 5.35. The minimum atomic E-state index is -1.06. The number of anilines is 1. The highest BCUT2D eigenvalue weighted by atomic mass is 35.5. The SMILES string of the molecule is CCCOc1ccc(/C(O)=C2/C(=O)C(=O)N(c3ccc(F)c(Cl)c3)C2c2ccco2)cc1C. The highest BCUT2D eigenvalue weighted by molar-refractivity contribution is 6.51. The van der Waals surface area contributed by atoms with Gasteiger partial charge in [-0.05, 0) is 67.4 Å². The third kappa shape index (κ3) is 4.12. The minimum Gasteiger partial charge on any atom is -0.507 e. The molecule has 0 saturated carbocycles. The number of nitrogens with zero attached hydrogens (tertiary/aromatic N) is 1. The quantitative estimate of drug-likeness (QED) is 0.280. The molecule has 1 aliphatic rings. The summed E-state index contributed by atoms with van der Waals surface area (Å²) >= 11 is 5.92. The highest BCUT2D eigenvalue weighted by Crippen LogP contribution is 2.43. The van der Waals surface area contributed by atoms with Gasteiger partial charge in [0.2, 0.25) is 0 Å². The maximum atomic E-state index is 13.7. The van der Waals surface area contributed by atoms with Crippen LogP contribution in [-0.4, -0.2) is 23.4 Å². The van der Waals surface area contributed by atoms with Crippen molar-refractivity contribution in [2.75, 3.05) is 11.5 Å². The number of benzene rings is 2. The summed E-state index contributed by atoms with van der Waals surface area (Å²) in [6.45, 7) is 4.37. The zero-order valence-corrected chi connectivity index (χ0v) is 18.7. The van der Waals surface area contributed by atoms with Gasteiger partial charge in [-0.25, -0.2) is 4.39 Å². The molecule has 3 aromatic rings. The van der Waals surface area contributed by atoms with Crippen LogP contribution in [0, 0.1) is 12.7 Å². The summed E-state index contributed by atoms with van der Waals surface area (Å²) in [7, 11) is 0. The van der Waals surface area contributed by atoms with Crippen LogP contribution < -0.4 is 9.64 Å². The largest absolute Gasteiger partial charge is 0.507 e. The van der Waals surface area contributed by atoms with Gasteiger partial charge in [0, 0.05) is 11.3 Å². The lowest BCUT2D eigenvalue weighted by atomic mass is 9.98. The molecule has 1 amide bonds. The molecule has 8 heteroatoms. The minimum absolute atomic E-state index is 0.142. The maximum absolute atomic E-state index is 13.7. The molecule has 1 fully saturated rings. The number of ether oxygens (including phenoxy) is 1. The first-order chi connectivity index (χ1) is 15.8. The molecule has 1 aromatic heterocycles. The Morgan fingerprint density at radius 1 is 1.21 bits per heavy atom. The zero-order valence-electron chi connectivity index (χ0n) is 18.0. The van der Waals surface area contributed by atoms with Crippen molar-refractivity contribution >= 4 is 34.7 Å². The van der Waals surface area contributed by atoms with Crippen molar-refractivity contribution in [3.8, 4) is 5.75 Å². The number of hydrogen-bond donors (Lipinski definition) is 1. The van der Waals surface area contributed by atoms with Crippen LogP contribution in [0.25, 0.3) is 5.76 Å². The first-order valence-corrected chi connectivity index (χ1v) is 10.7. The number of carbonyl (C=O) groups excluding carboxylic acids is 2. The number of aryl methyl sites for hydroxylation is 1. The number of rotatable bonds is 6. The number of aliphatic hydroxyl groups is 1. The van der Waals surface area contributed by atoms with Crippen molar-refractivity contribution in [2.24, 2.45) is 0 Å². The van der Waals surface area contributed by atoms with Crippen molar-refractivity contribution in [1.82, 2.24) is 0 Å². The second kappa shape index (κ2) is 9.11. The molecule has 2 aromatic carbocycles. The summed E-state index contributed by atoms with van der Waals surface area (Å²) < 4.78 is 24.9. The molecule has 1 saturated heterocycles. The maximum Gasteiger partial charge on any atom is 0.300 e. The molecule has 1 aliphatic heterocycles. The number of halogens is 2. The number of aliphatic hydroxyl groups excluding tert-OH is 1. The van der Waals surface area contributed by atoms with E-state index in [0.29, 0.717) is 17.9 Å². The molecule has 0 spiro atoms. The molecular weight excluding hydrogens is 449 g/mol. The second-order valence-corrected chi connectivity index (χ2v) is 8.02. The van der Waals surface area contributed by atoms with Gasteiger partial charge in [-0.3, -0.25) is 14.5 Å². The fourth-order valence-corrected chi connectivity index (χ4v) is 3.95. The van der Waals surface area contributed by atoms with Crippen LogP contribution in [0.1, 0.15) is 36.3 Å². The van der Waals surface area contributed by atoms with Crippen LogP contribution in [0.5, 0.6) is 5.75 Å². The summed E-state index contributed by atoms with van der Waals surface area (Å²) in [4.78, 5) is 27.2. The van der Waals surface area contributed by atoms with Gasteiger partial charge in [0.05, 0.1) is 23.5 Å². The molecule has 6 nitrogen and oxygen atoms in total. The fraction of sp³-hybridized carbons (Fsp3) is 0.200. The lowest BCUT2D eigenvalue weighted by Gasteiger charge is -2.23. The standard InChI is InChI=1S/C25H21ClFNO5/c1-3-10-32-19-9-6-15(12-14(19)2)23(29)21-22(20-5-4-11-33-20)28(25(31)24(21)30)16-7-8-18(27)17(26)13-16/h4-9,11-13,22,29H,3,10H2,1-2H3/b23-21-. The van der Waals surface area contributed by atoms with Gasteiger partial charge in [-0.2, -0.15) is 0 Å². The van der Waals surface area contributed by atoms with Crippen LogP contribution in [0.4, 0.5) is 10.1 Å². The van der Waals surface area contributed by atoms with Crippen molar-refractivity contribution in [2.45, 2.75) is 26.3 Å². The molecule has 1 N–H and O–H groups in total. The summed E-state index contributed by atoms with van der Waals surface area (Å²) in [6.07, 6.45) is 2.25. The summed E-state index contributed by atoms with van der Waals surface area (Å²) in [5.41, 5.74) is 1.17. The van der Waals surface area contributed by atoms with E-state index in [1.165, 1.54) is 18.4 Å². The first kappa shape index (κ1) is 22.6. The van der Waals surface area contributed by atoms with E-state index >= 15 is 0 Å². The Labute approximate surface area is 194 Å². The molecule has 0 aliphatic carbocycles. The highest BCUT2D eigenvalue weighted by Gasteiger charge is 2.48. The van der Waals surface area contributed by atoms with Crippen LogP contribution in [0.15, 0.2) is 64.8 Å². The lowest BCUT2D eigenvalue weighted by Crippen LogP contribution is -2.29. The molecule has 0 bridgehead atoms. The Morgan fingerprint density at radius 2 is 2.00 bits per heavy atom. The van der Waals surface area contributed by atoms with E-state index in [2.05, 4.69) is 0 Å². The Kier molecular flexibility index (Phi) is 6.24. The van der Waals surface area contributed by atoms with Crippen molar-refractivity contribution in [3.05, 3.63) is 88.1 Å². The van der Waals surface area contributed by atoms with Crippen LogP contribution in [0.3, 0.4) is 0 Å². The first-order valence-electron chi connectivity index (χ1n) is 10.4. The second-order valence-electron chi connectivity index (χ2n) is 7.61. The lowest BCUT2D eigenvalue weighted by molar-refractivity contribution is -0.132. The predicted octanol–water partition coefficient (Wildman–Crippen LogP) is 5.80. The van der Waals surface area contributed by atoms with Crippen molar-refractivity contribution in [3.63, 3.8) is 0 Å². The Hall–Kier alpha value is -3.58. The third-order valence-corrected chi connectivity index (χ3v) is 5.64. The van der Waals surface area contributed by atoms with Crippen molar-refractivity contribution in [1.29, 1.82) is 0 Å². The van der Waals surface area contributed by atoms with Gasteiger partial charge in [0.25, 0.3) is 11.7 Å². The molecule has 1 atom stereocenters. The van der Waals surface area contributed by atoms with E-state index in [-0.39, 0.29) is 27.8 Å². The monoisotopic (exact) mass is 469 g/mol. The number of hydrogen-bond acceptors (Lipinski definition) is 5. The number of Topliss-reactive ketones (excluding diaryl/α,β-unsaturated/α-hetero) is 1. The molecule has 4 rings (SSSR count). The van der Waals surface area contributed by atoms with Gasteiger partial charge in [0.1, 0.15) is 29.1 Å². The van der Waals surface area contributed by atoms with Crippen molar-refractivity contribution < 1.29 is 28.2 Å². The number of carbonyl (C=O) groups is 2. The molecular formula is C25H21ClFNO5. The Bertz CT molecular complexity index is 1250. The average Bonchev–Trinajstić information content (AvgIpc) is 3.41. The molecule has 1 unspecified atom stereocenters. The van der Waals surface area contributed by atoms with Crippen LogP contribution >= 0.6 is 11.6 Å². The molecule has 0 radical (unpaired) electrons. The van der Waals surface area contributed by atoms with E-state index in [1.54, 1.807) is 30.3 Å². The van der Waals surface area contributed by atoms with Gasteiger partial charge in [-0.1, -0.05) is 18.5 Å². The average molecular weight is 470 g/mol. The topological polar surface area (TPSA) is 80.0 Å².